The molecule has 0 aliphatic carbocycles. The summed E-state index contributed by atoms with van der Waals surface area (Å²) in [6, 6.07) is 1.50. The fourth-order valence-electron chi connectivity index (χ4n) is 4.97. The SMILES string of the molecule is CC(C)=CCCC(C)=CCCC1(C)Oc2c(c(O)cc3c(O)n(-c4ncnc5nc[nH]c45)cc23)CC1O. The second-order valence-electron chi connectivity index (χ2n) is 10.3. The minimum atomic E-state index is -0.853. The molecule has 0 fully saturated rings. The lowest BCUT2D eigenvalue weighted by Gasteiger charge is -2.40. The number of aromatic amines is 1. The second kappa shape index (κ2) is 9.55. The maximum atomic E-state index is 11.1. The quantitative estimate of drug-likeness (QED) is 0.254. The van der Waals surface area contributed by atoms with E-state index in [2.05, 4.69) is 52.9 Å². The number of hydrogen-bond acceptors (Lipinski definition) is 7. The Labute approximate surface area is 215 Å². The summed E-state index contributed by atoms with van der Waals surface area (Å²) >= 11 is 0. The van der Waals surface area contributed by atoms with Gasteiger partial charge in [-0.3, -0.25) is 4.57 Å². The molecule has 4 aromatic rings. The monoisotopic (exact) mass is 503 g/mol. The van der Waals surface area contributed by atoms with Crippen molar-refractivity contribution in [3.05, 3.63) is 53.8 Å². The Kier molecular flexibility index (Phi) is 6.41. The van der Waals surface area contributed by atoms with Crippen LogP contribution in [0.3, 0.4) is 0 Å². The molecule has 4 N–H and O–H groups in total. The van der Waals surface area contributed by atoms with E-state index < -0.39 is 11.7 Å². The molecular weight excluding hydrogens is 470 g/mol. The Balaban J connectivity index is 1.47. The molecule has 2 atom stereocenters. The number of hydrogen-bond donors (Lipinski definition) is 4. The lowest BCUT2D eigenvalue weighted by molar-refractivity contribution is -0.0581. The van der Waals surface area contributed by atoms with Gasteiger partial charge in [-0.2, -0.15) is 0 Å². The third kappa shape index (κ3) is 4.55. The summed E-state index contributed by atoms with van der Waals surface area (Å²) in [6.45, 7) is 8.24. The van der Waals surface area contributed by atoms with E-state index in [4.69, 9.17) is 4.74 Å². The number of benzene rings is 1. The summed E-state index contributed by atoms with van der Waals surface area (Å²) in [5.74, 6) is 0.780. The highest BCUT2D eigenvalue weighted by molar-refractivity contribution is 5.97. The average molecular weight is 504 g/mol. The van der Waals surface area contributed by atoms with Crippen molar-refractivity contribution in [1.29, 1.82) is 0 Å². The minimum absolute atomic E-state index is 0.0268. The lowest BCUT2D eigenvalue weighted by atomic mass is 9.84. The van der Waals surface area contributed by atoms with Crippen molar-refractivity contribution in [2.24, 2.45) is 0 Å². The Bertz CT molecular complexity index is 1530. The number of allylic oxidation sites excluding steroid dienone is 4. The highest BCUT2D eigenvalue weighted by Crippen LogP contribution is 2.48. The Morgan fingerprint density at radius 2 is 1.97 bits per heavy atom. The number of aliphatic hydroxyl groups is 1. The molecule has 4 heterocycles. The van der Waals surface area contributed by atoms with Gasteiger partial charge in [0.25, 0.3) is 0 Å². The molecule has 0 spiro atoms. The first-order chi connectivity index (χ1) is 17.7. The largest absolute Gasteiger partial charge is 0.508 e. The van der Waals surface area contributed by atoms with E-state index in [0.717, 1.165) is 19.3 Å². The number of phenolic OH excluding ortho intramolecular Hbond substituents is 1. The van der Waals surface area contributed by atoms with E-state index in [9.17, 15) is 15.3 Å². The van der Waals surface area contributed by atoms with Crippen molar-refractivity contribution in [2.45, 2.75) is 71.5 Å². The Hall–Kier alpha value is -3.85. The number of H-pyrrole nitrogens is 1. The van der Waals surface area contributed by atoms with Crippen LogP contribution < -0.4 is 4.74 Å². The van der Waals surface area contributed by atoms with Crippen LogP contribution in [0.25, 0.3) is 27.8 Å². The first-order valence-electron chi connectivity index (χ1n) is 12.6. The molecule has 0 amide bonds. The number of aromatic nitrogens is 5. The van der Waals surface area contributed by atoms with Gasteiger partial charge in [0, 0.05) is 23.6 Å². The summed E-state index contributed by atoms with van der Waals surface area (Å²) in [4.78, 5) is 15.6. The summed E-state index contributed by atoms with van der Waals surface area (Å²) < 4.78 is 8.00. The van der Waals surface area contributed by atoms with Gasteiger partial charge in [0.15, 0.2) is 11.5 Å². The summed E-state index contributed by atoms with van der Waals surface area (Å²) in [5.41, 5.74) is 3.35. The number of aromatic hydroxyl groups is 2. The maximum Gasteiger partial charge on any atom is 0.205 e. The fourth-order valence-corrected chi connectivity index (χ4v) is 4.97. The zero-order valence-electron chi connectivity index (χ0n) is 21.6. The van der Waals surface area contributed by atoms with E-state index in [1.165, 1.54) is 34.4 Å². The van der Waals surface area contributed by atoms with E-state index in [1.807, 2.05) is 6.92 Å². The van der Waals surface area contributed by atoms with Crippen molar-refractivity contribution in [3.8, 4) is 23.2 Å². The van der Waals surface area contributed by atoms with Crippen molar-refractivity contribution < 1.29 is 20.1 Å². The Morgan fingerprint density at radius 3 is 2.76 bits per heavy atom. The highest BCUT2D eigenvalue weighted by atomic mass is 16.5. The van der Waals surface area contributed by atoms with Crippen LogP contribution in [0.4, 0.5) is 0 Å². The van der Waals surface area contributed by atoms with Crippen molar-refractivity contribution in [2.75, 3.05) is 0 Å². The van der Waals surface area contributed by atoms with Crippen LogP contribution in [0.5, 0.6) is 17.4 Å². The normalized spacial score (nSPS) is 19.7. The van der Waals surface area contributed by atoms with Gasteiger partial charge in [-0.05, 0) is 59.4 Å². The molecule has 9 nitrogen and oxygen atoms in total. The molecule has 1 aromatic carbocycles. The molecule has 3 aromatic heterocycles. The molecule has 2 unspecified atom stereocenters. The van der Waals surface area contributed by atoms with Crippen LogP contribution >= 0.6 is 0 Å². The van der Waals surface area contributed by atoms with Crippen LogP contribution in [0.1, 0.15) is 58.9 Å². The molecule has 37 heavy (non-hydrogen) atoms. The van der Waals surface area contributed by atoms with Gasteiger partial charge in [0.1, 0.15) is 28.9 Å². The number of nitrogens with one attached hydrogen (secondary N) is 1. The second-order valence-corrected chi connectivity index (χ2v) is 10.3. The molecule has 0 saturated carbocycles. The summed E-state index contributed by atoms with van der Waals surface area (Å²) in [6.07, 6.45) is 11.9. The van der Waals surface area contributed by atoms with Gasteiger partial charge in [-0.1, -0.05) is 23.3 Å². The van der Waals surface area contributed by atoms with E-state index in [-0.39, 0.29) is 18.1 Å². The average Bonchev–Trinajstić information content (AvgIpc) is 3.45. The standard InChI is InChI=1S/C28H33N5O4/c1-16(2)7-5-8-17(3)9-6-10-28(4)22(35)12-19-21(34)11-18-20(24(19)37-28)13-33(27(18)36)26-23-25(30-14-29-23)31-15-32-26/h7,9,11,13-15,22,34-36H,5-6,8,10,12H2,1-4H3,(H,29,30,31,32). The number of fused-ring (bicyclic) bond motifs is 4. The van der Waals surface area contributed by atoms with Crippen molar-refractivity contribution >= 4 is 21.9 Å². The summed E-state index contributed by atoms with van der Waals surface area (Å²) in [5, 5.41) is 34.0. The minimum Gasteiger partial charge on any atom is -0.508 e. The van der Waals surface area contributed by atoms with E-state index >= 15 is 0 Å². The van der Waals surface area contributed by atoms with Crippen molar-refractivity contribution in [1.82, 2.24) is 24.5 Å². The van der Waals surface area contributed by atoms with Crippen LogP contribution in [-0.4, -0.2) is 51.5 Å². The number of nitrogens with zero attached hydrogens (tertiary/aromatic N) is 4. The smallest absolute Gasteiger partial charge is 0.205 e. The van der Waals surface area contributed by atoms with E-state index in [0.29, 0.717) is 45.5 Å². The molecule has 5 rings (SSSR count). The zero-order chi connectivity index (χ0) is 26.3. The van der Waals surface area contributed by atoms with Crippen LogP contribution in [-0.2, 0) is 6.42 Å². The van der Waals surface area contributed by atoms with Crippen LogP contribution in [0, 0.1) is 0 Å². The van der Waals surface area contributed by atoms with Gasteiger partial charge in [0.2, 0.25) is 5.88 Å². The number of imidazole rings is 1. The molecule has 194 valence electrons. The third-order valence-electron chi connectivity index (χ3n) is 7.22. The molecule has 0 radical (unpaired) electrons. The van der Waals surface area contributed by atoms with Gasteiger partial charge in [-0.15, -0.1) is 0 Å². The van der Waals surface area contributed by atoms with Gasteiger partial charge in [-0.25, -0.2) is 15.0 Å². The Morgan fingerprint density at radius 1 is 1.16 bits per heavy atom. The fraction of sp³-hybridized carbons (Fsp3) is 0.393. The van der Waals surface area contributed by atoms with E-state index in [1.54, 1.807) is 6.20 Å². The third-order valence-corrected chi connectivity index (χ3v) is 7.22. The predicted octanol–water partition coefficient (Wildman–Crippen LogP) is 5.24. The number of phenols is 1. The zero-order valence-corrected chi connectivity index (χ0v) is 21.6. The lowest BCUT2D eigenvalue weighted by Crippen LogP contribution is -2.48. The van der Waals surface area contributed by atoms with Crippen LogP contribution in [0.15, 0.2) is 48.2 Å². The number of rotatable bonds is 7. The van der Waals surface area contributed by atoms with Gasteiger partial charge >= 0.3 is 0 Å². The maximum absolute atomic E-state index is 11.1. The molecule has 1 aliphatic rings. The summed E-state index contributed by atoms with van der Waals surface area (Å²) in [7, 11) is 0. The molecule has 0 bridgehead atoms. The van der Waals surface area contributed by atoms with Crippen LogP contribution in [0.2, 0.25) is 0 Å². The molecule has 9 heteroatoms. The molecule has 0 saturated heterocycles. The first-order valence-corrected chi connectivity index (χ1v) is 12.6. The highest BCUT2D eigenvalue weighted by Gasteiger charge is 2.41. The number of ether oxygens (including phenoxy) is 1. The predicted molar refractivity (Wildman–Crippen MR) is 142 cm³/mol. The first kappa shape index (κ1) is 24.8. The number of aliphatic hydroxyl groups excluding tert-OH is 1. The van der Waals surface area contributed by atoms with Gasteiger partial charge in [0.05, 0.1) is 17.8 Å². The van der Waals surface area contributed by atoms with Crippen molar-refractivity contribution in [3.63, 3.8) is 0 Å². The molecule has 1 aliphatic heterocycles. The van der Waals surface area contributed by atoms with Gasteiger partial charge < -0.3 is 25.0 Å². The molecular formula is C28H33N5O4. The topological polar surface area (TPSA) is 129 Å².